The molecule has 1 aromatic carbocycles. The molecule has 1 saturated heterocycles. The van der Waals surface area contributed by atoms with Gasteiger partial charge < -0.3 is 15.3 Å². The molecule has 0 bridgehead atoms. The Balaban J connectivity index is 1.54. The maximum Gasteiger partial charge on any atom is 0.305 e. The first-order valence-corrected chi connectivity index (χ1v) is 15.5. The largest absolute Gasteiger partial charge is 0.481 e. The van der Waals surface area contributed by atoms with Crippen LogP contribution in [0, 0.1) is 5.92 Å². The molecule has 0 radical (unpaired) electrons. The van der Waals surface area contributed by atoms with E-state index in [0.717, 1.165) is 12.1 Å². The van der Waals surface area contributed by atoms with Crippen LogP contribution in [-0.4, -0.2) is 47.0 Å². The smallest absolute Gasteiger partial charge is 0.305 e. The number of anilines is 1. The summed E-state index contributed by atoms with van der Waals surface area (Å²) in [5.74, 6) is 2.85. The summed E-state index contributed by atoms with van der Waals surface area (Å²) in [4.78, 5) is 28.1. The van der Waals surface area contributed by atoms with Crippen molar-refractivity contribution < 1.29 is 14.7 Å². The number of carbonyl (C=O) groups is 2. The Hall–Kier alpha value is -1.99. The van der Waals surface area contributed by atoms with Gasteiger partial charge in [0.25, 0.3) is 5.91 Å². The van der Waals surface area contributed by atoms with Crippen LogP contribution in [-0.2, 0) is 11.2 Å². The van der Waals surface area contributed by atoms with Gasteiger partial charge in [-0.1, -0.05) is 26.2 Å². The normalized spacial score (nSPS) is 18.1. The standard InChI is InChI=1S/C29H40N2O3S2/c1-3-25-24(19-26(36-25)20-14-17-35-18-15-20)28(21-7-5-4-6-8-21)30-23-11-9-22(10-12-23)29(34)31(2)16-13-27(32)33/h9-12,19-21,28,30H,3-8,13-18H2,1-2H3,(H,32,33). The Labute approximate surface area is 224 Å². The van der Waals surface area contributed by atoms with Gasteiger partial charge in [0, 0.05) is 34.6 Å². The van der Waals surface area contributed by atoms with Crippen LogP contribution < -0.4 is 5.32 Å². The minimum atomic E-state index is -0.895. The first kappa shape index (κ1) is 27.1. The van der Waals surface area contributed by atoms with Crippen molar-refractivity contribution in [1.29, 1.82) is 0 Å². The van der Waals surface area contributed by atoms with E-state index in [1.807, 2.05) is 35.6 Å². The predicted octanol–water partition coefficient (Wildman–Crippen LogP) is 7.20. The molecule has 1 saturated carbocycles. The molecule has 1 unspecified atom stereocenters. The van der Waals surface area contributed by atoms with E-state index in [0.29, 0.717) is 23.4 Å². The fourth-order valence-electron chi connectivity index (χ4n) is 5.58. The van der Waals surface area contributed by atoms with Crippen molar-refractivity contribution in [2.75, 3.05) is 30.4 Å². The minimum absolute atomic E-state index is 0.0486. The Bertz CT molecular complexity index is 1010. The SMILES string of the molecule is CCc1sc(C2CCSCC2)cc1C(Nc1ccc(C(=O)N(C)CCC(=O)O)cc1)C1CCCCC1. The Kier molecular flexibility index (Phi) is 9.77. The molecule has 1 aliphatic heterocycles. The summed E-state index contributed by atoms with van der Waals surface area (Å²) >= 11 is 4.13. The molecule has 36 heavy (non-hydrogen) atoms. The number of hydrogen-bond donors (Lipinski definition) is 2. The number of thioether (sulfide) groups is 1. The van der Waals surface area contributed by atoms with Crippen LogP contribution in [0.25, 0.3) is 0 Å². The third kappa shape index (κ3) is 6.86. The highest BCUT2D eigenvalue weighted by molar-refractivity contribution is 7.99. The van der Waals surface area contributed by atoms with Gasteiger partial charge in [-0.15, -0.1) is 11.3 Å². The molecule has 1 aliphatic carbocycles. The summed E-state index contributed by atoms with van der Waals surface area (Å²) in [6, 6.07) is 10.6. The lowest BCUT2D eigenvalue weighted by Gasteiger charge is -2.32. The highest BCUT2D eigenvalue weighted by atomic mass is 32.2. The second kappa shape index (κ2) is 13.0. The summed E-state index contributed by atoms with van der Waals surface area (Å²) in [6.07, 6.45) is 10.1. The van der Waals surface area contributed by atoms with Crippen LogP contribution in [0.1, 0.15) is 95.9 Å². The van der Waals surface area contributed by atoms with Crippen molar-refractivity contribution >= 4 is 40.7 Å². The zero-order chi connectivity index (χ0) is 25.5. The van der Waals surface area contributed by atoms with Gasteiger partial charge in [-0.2, -0.15) is 11.8 Å². The van der Waals surface area contributed by atoms with Crippen molar-refractivity contribution in [3.05, 3.63) is 51.2 Å². The lowest BCUT2D eigenvalue weighted by atomic mass is 9.80. The van der Waals surface area contributed by atoms with E-state index in [1.165, 1.54) is 71.8 Å². The molecule has 1 atom stereocenters. The fraction of sp³-hybridized carbons (Fsp3) is 0.586. The number of benzene rings is 1. The highest BCUT2D eigenvalue weighted by Gasteiger charge is 2.29. The van der Waals surface area contributed by atoms with Gasteiger partial charge in [0.2, 0.25) is 0 Å². The van der Waals surface area contributed by atoms with E-state index in [2.05, 4.69) is 30.1 Å². The first-order valence-electron chi connectivity index (χ1n) is 13.5. The van der Waals surface area contributed by atoms with Gasteiger partial charge in [-0.3, -0.25) is 9.59 Å². The van der Waals surface area contributed by atoms with Crippen molar-refractivity contribution in [3.63, 3.8) is 0 Å². The number of aryl methyl sites for hydroxylation is 1. The maximum atomic E-state index is 12.7. The van der Waals surface area contributed by atoms with Gasteiger partial charge in [0.05, 0.1) is 12.5 Å². The number of amides is 1. The van der Waals surface area contributed by atoms with Crippen LogP contribution in [0.3, 0.4) is 0 Å². The van der Waals surface area contributed by atoms with Crippen LogP contribution in [0.5, 0.6) is 0 Å². The Morgan fingerprint density at radius 2 is 1.78 bits per heavy atom. The Morgan fingerprint density at radius 1 is 1.08 bits per heavy atom. The number of nitrogens with zero attached hydrogens (tertiary/aromatic N) is 1. The number of thiophene rings is 1. The van der Waals surface area contributed by atoms with Gasteiger partial charge in [-0.05, 0) is 91.3 Å². The fourth-order valence-corrected chi connectivity index (χ4v) is 8.01. The van der Waals surface area contributed by atoms with E-state index in [1.54, 1.807) is 11.9 Å². The van der Waals surface area contributed by atoms with Crippen LogP contribution >= 0.6 is 23.1 Å². The summed E-state index contributed by atoms with van der Waals surface area (Å²) in [5.41, 5.74) is 3.13. The third-order valence-electron chi connectivity index (χ3n) is 7.72. The number of rotatable bonds is 10. The van der Waals surface area contributed by atoms with E-state index < -0.39 is 5.97 Å². The molecule has 2 fully saturated rings. The zero-order valence-corrected chi connectivity index (χ0v) is 23.3. The third-order valence-corrected chi connectivity index (χ3v) is 10.2. The van der Waals surface area contributed by atoms with Crippen LogP contribution in [0.2, 0.25) is 0 Å². The van der Waals surface area contributed by atoms with E-state index in [4.69, 9.17) is 5.11 Å². The lowest BCUT2D eigenvalue weighted by molar-refractivity contribution is -0.137. The molecule has 0 spiro atoms. The van der Waals surface area contributed by atoms with Gasteiger partial charge in [-0.25, -0.2) is 0 Å². The molecule has 2 aromatic rings. The van der Waals surface area contributed by atoms with Crippen molar-refractivity contribution in [1.82, 2.24) is 4.90 Å². The van der Waals surface area contributed by atoms with Crippen molar-refractivity contribution in [2.45, 2.75) is 76.7 Å². The van der Waals surface area contributed by atoms with E-state index in [-0.39, 0.29) is 18.9 Å². The molecule has 5 nitrogen and oxygen atoms in total. The summed E-state index contributed by atoms with van der Waals surface area (Å²) in [6.45, 7) is 2.49. The van der Waals surface area contributed by atoms with E-state index in [9.17, 15) is 9.59 Å². The molecule has 2 N–H and O–H groups in total. The monoisotopic (exact) mass is 528 g/mol. The van der Waals surface area contributed by atoms with E-state index >= 15 is 0 Å². The lowest BCUT2D eigenvalue weighted by Crippen LogP contribution is -2.29. The molecule has 1 amide bonds. The van der Waals surface area contributed by atoms with Gasteiger partial charge in [0.15, 0.2) is 0 Å². The highest BCUT2D eigenvalue weighted by Crippen LogP contribution is 2.44. The summed E-state index contributed by atoms with van der Waals surface area (Å²) < 4.78 is 0. The topological polar surface area (TPSA) is 69.6 Å². The summed E-state index contributed by atoms with van der Waals surface area (Å²) in [5, 5.41) is 12.8. The van der Waals surface area contributed by atoms with Crippen molar-refractivity contribution in [2.24, 2.45) is 5.92 Å². The average molecular weight is 529 g/mol. The number of carboxylic acid groups (broad SMARTS) is 1. The number of carbonyl (C=O) groups excluding carboxylic acids is 1. The quantitative estimate of drug-likeness (QED) is 0.341. The second-order valence-corrected chi connectivity index (χ2v) is 12.6. The molecule has 2 heterocycles. The van der Waals surface area contributed by atoms with Gasteiger partial charge in [0.1, 0.15) is 0 Å². The number of aliphatic carboxylic acids is 1. The predicted molar refractivity (Wildman–Crippen MR) is 152 cm³/mol. The van der Waals surface area contributed by atoms with Gasteiger partial charge >= 0.3 is 5.97 Å². The Morgan fingerprint density at radius 3 is 2.42 bits per heavy atom. The van der Waals surface area contributed by atoms with Crippen LogP contribution in [0.15, 0.2) is 30.3 Å². The minimum Gasteiger partial charge on any atom is -0.481 e. The molecular weight excluding hydrogens is 488 g/mol. The maximum absolute atomic E-state index is 12.7. The zero-order valence-electron chi connectivity index (χ0n) is 21.6. The molecule has 4 rings (SSSR count). The molecule has 2 aliphatic rings. The van der Waals surface area contributed by atoms with Crippen molar-refractivity contribution in [3.8, 4) is 0 Å². The first-order chi connectivity index (χ1) is 17.5. The second-order valence-electron chi connectivity index (χ2n) is 10.2. The molecule has 7 heteroatoms. The molecular formula is C29H40N2O3S2. The molecule has 196 valence electrons. The number of hydrogen-bond acceptors (Lipinski definition) is 5. The van der Waals surface area contributed by atoms with Crippen LogP contribution in [0.4, 0.5) is 5.69 Å². The average Bonchev–Trinajstić information content (AvgIpc) is 3.35. The number of nitrogens with one attached hydrogen (secondary N) is 1. The number of carboxylic acids is 1. The summed E-state index contributed by atoms with van der Waals surface area (Å²) in [7, 11) is 1.65. The molecule has 1 aromatic heterocycles.